The Morgan fingerprint density at radius 3 is 2.07 bits per heavy atom. The van der Waals surface area contributed by atoms with Gasteiger partial charge in [-0.25, -0.2) is 4.18 Å². The van der Waals surface area contributed by atoms with Crippen LogP contribution in [0.5, 0.6) is 0 Å². The zero-order valence-electron chi connectivity index (χ0n) is 8.53. The molecule has 4 nitrogen and oxygen atoms in total. The van der Waals surface area contributed by atoms with E-state index in [1.807, 2.05) is 0 Å². The summed E-state index contributed by atoms with van der Waals surface area (Å²) in [4.78, 5) is 0. The van der Waals surface area contributed by atoms with Crippen molar-refractivity contribution in [2.24, 2.45) is 0 Å². The Balaban J connectivity index is 0. The van der Waals surface area contributed by atoms with E-state index < -0.39 is 10.4 Å². The van der Waals surface area contributed by atoms with Gasteiger partial charge in [-0.05, 0) is 6.42 Å². The van der Waals surface area contributed by atoms with Gasteiger partial charge in [-0.1, -0.05) is 39.0 Å². The van der Waals surface area contributed by atoms with Crippen LogP contribution in [-0.4, -0.2) is 19.6 Å². The molecule has 0 spiro atoms. The van der Waals surface area contributed by atoms with Gasteiger partial charge in [0.05, 0.1) is 6.61 Å². The standard InChI is InChI=1S/C8H18O4S.H2S/c1-2-3-4-5-6-7-8-12-13(9,10)11;/h2-8H2,1H3,(H,9,10,11);1H2. The molecule has 1 N–H and O–H groups in total. The average molecular weight is 244 g/mol. The van der Waals surface area contributed by atoms with Crippen LogP contribution in [0.15, 0.2) is 0 Å². The molecule has 0 fully saturated rings. The van der Waals surface area contributed by atoms with Crippen LogP contribution < -0.4 is 0 Å². The summed E-state index contributed by atoms with van der Waals surface area (Å²) in [5.74, 6) is 0. The van der Waals surface area contributed by atoms with Gasteiger partial charge < -0.3 is 0 Å². The summed E-state index contributed by atoms with van der Waals surface area (Å²) < 4.78 is 32.6. The molecule has 0 aromatic carbocycles. The third-order valence-electron chi connectivity index (χ3n) is 1.73. The first-order valence-corrected chi connectivity index (χ1v) is 6.04. The van der Waals surface area contributed by atoms with Gasteiger partial charge in [0.25, 0.3) is 0 Å². The molecule has 14 heavy (non-hydrogen) atoms. The lowest BCUT2D eigenvalue weighted by atomic mass is 10.1. The Labute approximate surface area is 93.4 Å². The van der Waals surface area contributed by atoms with Gasteiger partial charge >= 0.3 is 10.4 Å². The van der Waals surface area contributed by atoms with E-state index in [9.17, 15) is 8.42 Å². The van der Waals surface area contributed by atoms with Crippen LogP contribution in [-0.2, 0) is 14.6 Å². The molecule has 0 radical (unpaired) electrons. The molecule has 0 aromatic heterocycles. The summed E-state index contributed by atoms with van der Waals surface area (Å²) in [6.07, 6.45) is 6.34. The zero-order valence-corrected chi connectivity index (χ0v) is 10.3. The number of rotatable bonds is 8. The fourth-order valence-electron chi connectivity index (χ4n) is 1.05. The van der Waals surface area contributed by atoms with E-state index in [2.05, 4.69) is 11.1 Å². The maximum atomic E-state index is 10.1. The molecule has 0 heterocycles. The number of unbranched alkanes of at least 4 members (excludes halogenated alkanes) is 5. The fourth-order valence-corrected chi connectivity index (χ4v) is 1.38. The average Bonchev–Trinajstić information content (AvgIpc) is 2.01. The van der Waals surface area contributed by atoms with Crippen molar-refractivity contribution in [1.82, 2.24) is 0 Å². The van der Waals surface area contributed by atoms with Crippen molar-refractivity contribution in [3.8, 4) is 0 Å². The second-order valence-electron chi connectivity index (χ2n) is 3.02. The van der Waals surface area contributed by atoms with Gasteiger partial charge in [0.15, 0.2) is 0 Å². The second-order valence-corrected chi connectivity index (χ2v) is 4.11. The number of hydrogen-bond acceptors (Lipinski definition) is 3. The first kappa shape index (κ1) is 16.6. The molecule has 0 rings (SSSR count). The van der Waals surface area contributed by atoms with Crippen LogP contribution in [0, 0.1) is 0 Å². The number of hydrogen-bond donors (Lipinski definition) is 1. The maximum Gasteiger partial charge on any atom is 0.397 e. The molecule has 88 valence electrons. The smallest absolute Gasteiger partial charge is 0.264 e. The first-order chi connectivity index (χ1) is 6.06. The molecule has 0 unspecified atom stereocenters. The summed E-state index contributed by atoms with van der Waals surface area (Å²) in [7, 11) is -4.22. The van der Waals surface area contributed by atoms with Crippen LogP contribution in [0.3, 0.4) is 0 Å². The molecular formula is C8H20O4S2. The van der Waals surface area contributed by atoms with Crippen LogP contribution in [0.25, 0.3) is 0 Å². The highest BCUT2D eigenvalue weighted by molar-refractivity contribution is 7.80. The largest absolute Gasteiger partial charge is 0.397 e. The summed E-state index contributed by atoms with van der Waals surface area (Å²) in [6.45, 7) is 2.23. The van der Waals surface area contributed by atoms with Gasteiger partial charge in [-0.15, -0.1) is 0 Å². The SMILES string of the molecule is CCCCCCCCOS(=O)(=O)O.S. The van der Waals surface area contributed by atoms with Crippen molar-refractivity contribution < 1.29 is 17.2 Å². The zero-order chi connectivity index (χ0) is 10.2. The Morgan fingerprint density at radius 2 is 1.57 bits per heavy atom. The van der Waals surface area contributed by atoms with Gasteiger partial charge in [0.2, 0.25) is 0 Å². The van der Waals surface area contributed by atoms with E-state index in [0.717, 1.165) is 12.8 Å². The molecular weight excluding hydrogens is 224 g/mol. The Hall–Kier alpha value is 0.220. The lowest BCUT2D eigenvalue weighted by molar-refractivity contribution is 0.261. The molecule has 6 heteroatoms. The molecule has 0 aliphatic heterocycles. The Kier molecular flexibility index (Phi) is 11.6. The van der Waals surface area contributed by atoms with E-state index in [0.29, 0.717) is 6.42 Å². The second kappa shape index (κ2) is 9.76. The van der Waals surface area contributed by atoms with Crippen molar-refractivity contribution in [2.75, 3.05) is 6.61 Å². The highest BCUT2D eigenvalue weighted by atomic mass is 32.3. The van der Waals surface area contributed by atoms with Gasteiger partial charge in [-0.3, -0.25) is 4.55 Å². The van der Waals surface area contributed by atoms with Crippen LogP contribution >= 0.6 is 13.5 Å². The maximum absolute atomic E-state index is 10.1. The summed E-state index contributed by atoms with van der Waals surface area (Å²) >= 11 is 0. The van der Waals surface area contributed by atoms with E-state index in [-0.39, 0.29) is 20.1 Å². The minimum absolute atomic E-state index is 0. The minimum atomic E-state index is -4.22. The molecule has 0 atom stereocenters. The monoisotopic (exact) mass is 244 g/mol. The lowest BCUT2D eigenvalue weighted by Crippen LogP contribution is -2.04. The third kappa shape index (κ3) is 14.7. The van der Waals surface area contributed by atoms with Crippen molar-refractivity contribution in [2.45, 2.75) is 45.4 Å². The normalized spacial score (nSPS) is 11.0. The molecule has 0 bridgehead atoms. The molecule has 0 amide bonds. The predicted molar refractivity (Wildman–Crippen MR) is 61.3 cm³/mol. The van der Waals surface area contributed by atoms with Gasteiger partial charge in [0.1, 0.15) is 0 Å². The van der Waals surface area contributed by atoms with E-state index >= 15 is 0 Å². The summed E-state index contributed by atoms with van der Waals surface area (Å²) in [5, 5.41) is 0. The van der Waals surface area contributed by atoms with Crippen molar-refractivity contribution >= 4 is 23.9 Å². The molecule has 0 aliphatic rings. The van der Waals surface area contributed by atoms with Crippen molar-refractivity contribution in [1.29, 1.82) is 0 Å². The molecule has 0 saturated carbocycles. The highest BCUT2D eigenvalue weighted by Crippen LogP contribution is 2.05. The topological polar surface area (TPSA) is 63.6 Å². The van der Waals surface area contributed by atoms with Crippen molar-refractivity contribution in [3.05, 3.63) is 0 Å². The fraction of sp³-hybridized carbons (Fsp3) is 1.00. The van der Waals surface area contributed by atoms with E-state index in [1.54, 1.807) is 0 Å². The third-order valence-corrected chi connectivity index (χ3v) is 2.19. The lowest BCUT2D eigenvalue weighted by Gasteiger charge is -2.00. The van der Waals surface area contributed by atoms with Crippen LogP contribution in [0.4, 0.5) is 0 Å². The van der Waals surface area contributed by atoms with Crippen molar-refractivity contribution in [3.63, 3.8) is 0 Å². The Morgan fingerprint density at radius 1 is 1.07 bits per heavy atom. The van der Waals surface area contributed by atoms with E-state index in [4.69, 9.17) is 4.55 Å². The highest BCUT2D eigenvalue weighted by Gasteiger charge is 2.02. The van der Waals surface area contributed by atoms with Crippen LogP contribution in [0.2, 0.25) is 0 Å². The van der Waals surface area contributed by atoms with Gasteiger partial charge in [0, 0.05) is 0 Å². The first-order valence-electron chi connectivity index (χ1n) is 4.68. The molecule has 0 aromatic rings. The summed E-state index contributed by atoms with van der Waals surface area (Å²) in [6, 6.07) is 0. The summed E-state index contributed by atoms with van der Waals surface area (Å²) in [5.41, 5.74) is 0. The molecule has 0 aliphatic carbocycles. The Bertz CT molecular complexity index is 201. The van der Waals surface area contributed by atoms with Gasteiger partial charge in [-0.2, -0.15) is 21.9 Å². The quantitative estimate of drug-likeness (QED) is 0.525. The van der Waals surface area contributed by atoms with E-state index in [1.165, 1.54) is 19.3 Å². The minimum Gasteiger partial charge on any atom is -0.264 e. The van der Waals surface area contributed by atoms with Crippen LogP contribution in [0.1, 0.15) is 45.4 Å². The molecule has 0 saturated heterocycles. The predicted octanol–water partition coefficient (Wildman–Crippen LogP) is 2.28.